The van der Waals surface area contributed by atoms with Crippen molar-refractivity contribution in [1.29, 1.82) is 0 Å². The predicted octanol–water partition coefficient (Wildman–Crippen LogP) is 3.11. The average molecular weight is 427 g/mol. The van der Waals surface area contributed by atoms with Gasteiger partial charge in [-0.1, -0.05) is 0 Å². The molecule has 4 aromatic rings. The van der Waals surface area contributed by atoms with Crippen molar-refractivity contribution in [2.24, 2.45) is 7.05 Å². The molecule has 150 valence electrons. The molecule has 0 aliphatic carbocycles. The van der Waals surface area contributed by atoms with E-state index in [1.807, 2.05) is 41.7 Å². The van der Waals surface area contributed by atoms with Crippen LogP contribution >= 0.6 is 12.2 Å². The number of nitrogens with one attached hydrogen (secondary N) is 1. The number of aryl methyl sites for hydroxylation is 2. The molecule has 0 bridgehead atoms. The second kappa shape index (κ2) is 6.44. The van der Waals surface area contributed by atoms with Crippen molar-refractivity contribution < 1.29 is 4.80 Å². The Bertz CT molecular complexity index is 1310. The number of rotatable bonds is 3. The van der Waals surface area contributed by atoms with Gasteiger partial charge in [-0.25, -0.2) is 4.98 Å². The summed E-state index contributed by atoms with van der Waals surface area (Å²) in [5, 5.41) is 11.3. The first-order valence-electron chi connectivity index (χ1n) is 9.56. The van der Waals surface area contributed by atoms with Gasteiger partial charge in [0.2, 0.25) is 5.95 Å². The molecule has 2 N–H and O–H groups in total. The molecule has 2 atom stereocenters. The van der Waals surface area contributed by atoms with Crippen LogP contribution in [0, 0.1) is 11.7 Å². The van der Waals surface area contributed by atoms with E-state index < -0.39 is 8.32 Å². The summed E-state index contributed by atoms with van der Waals surface area (Å²) in [6.45, 7) is 4.03. The van der Waals surface area contributed by atoms with Gasteiger partial charge in [0.15, 0.2) is 24.4 Å². The summed E-state index contributed by atoms with van der Waals surface area (Å²) < 4.78 is 6.60. The quantitative estimate of drug-likeness (QED) is 0.384. The van der Waals surface area contributed by atoms with Gasteiger partial charge in [0.1, 0.15) is 11.8 Å². The van der Waals surface area contributed by atoms with E-state index in [0.29, 0.717) is 10.7 Å². The van der Waals surface area contributed by atoms with Crippen molar-refractivity contribution in [2.45, 2.75) is 38.0 Å². The molecule has 1 aliphatic rings. The van der Waals surface area contributed by atoms with Crippen molar-refractivity contribution in [2.75, 3.05) is 5.32 Å². The molecule has 11 heteroatoms. The lowest BCUT2D eigenvalue weighted by Gasteiger charge is -2.15. The summed E-state index contributed by atoms with van der Waals surface area (Å²) in [5.41, 5.74) is 4.39. The smallest absolute Gasteiger partial charge is 0.229 e. The number of anilines is 2. The first-order valence-corrected chi connectivity index (χ1v) is 12.8. The van der Waals surface area contributed by atoms with Gasteiger partial charge in [0.25, 0.3) is 0 Å². The Morgan fingerprint density at radius 1 is 1.38 bits per heavy atom. The molecule has 4 aromatic heterocycles. The first kappa shape index (κ1) is 18.4. The lowest BCUT2D eigenvalue weighted by molar-refractivity contribution is 0.527. The van der Waals surface area contributed by atoms with Crippen LogP contribution in [0.25, 0.3) is 16.8 Å². The van der Waals surface area contributed by atoms with Crippen LogP contribution in [0.4, 0.5) is 11.6 Å². The number of hydrogen-bond acceptors (Lipinski definition) is 7. The van der Waals surface area contributed by atoms with Crippen molar-refractivity contribution in [1.82, 2.24) is 33.7 Å². The number of hydrogen-bond donors (Lipinski definition) is 2. The molecule has 2 unspecified atom stereocenters. The van der Waals surface area contributed by atoms with E-state index in [2.05, 4.69) is 25.1 Å². The SMILES string of the molecule is Cc1cc2nncn2cc1Nc1ncc2c(n1)n(C1CC[Si](C)(O)C1)c(=S)n2C. The van der Waals surface area contributed by atoms with E-state index >= 15 is 0 Å². The zero-order valence-corrected chi connectivity index (χ0v) is 18.3. The number of aromatic nitrogens is 7. The maximum Gasteiger partial charge on any atom is 0.229 e. The Morgan fingerprint density at radius 3 is 2.97 bits per heavy atom. The fraction of sp³-hybridized carbons (Fsp3) is 0.389. The molecular formula is C18H22N8OSSi. The fourth-order valence-corrected chi connectivity index (χ4v) is 7.05. The lowest BCUT2D eigenvalue weighted by atomic mass is 10.2. The molecule has 1 saturated heterocycles. The van der Waals surface area contributed by atoms with E-state index in [-0.39, 0.29) is 6.04 Å². The van der Waals surface area contributed by atoms with Crippen molar-refractivity contribution in [3.63, 3.8) is 0 Å². The monoisotopic (exact) mass is 426 g/mol. The molecular weight excluding hydrogens is 404 g/mol. The lowest BCUT2D eigenvalue weighted by Crippen LogP contribution is -2.25. The first-order chi connectivity index (χ1) is 13.8. The van der Waals surface area contributed by atoms with Crippen LogP contribution < -0.4 is 5.32 Å². The normalized spacial score (nSPS) is 22.0. The number of nitrogens with zero attached hydrogens (tertiary/aromatic N) is 7. The summed E-state index contributed by atoms with van der Waals surface area (Å²) in [6.07, 6.45) is 6.32. The van der Waals surface area contributed by atoms with Crippen molar-refractivity contribution >= 4 is 49.0 Å². The standard InChI is InChI=1S/C18H22N8OSSi/c1-11-6-15-23-20-10-25(15)8-13(11)21-17-19-7-14-16(22-17)26(18(28)24(14)2)12-4-5-29(3,27)9-12/h6-8,10,12,27H,4-5,9H2,1-3H3,(H,19,21,22). The van der Waals surface area contributed by atoms with Crippen LogP contribution in [0.1, 0.15) is 18.0 Å². The van der Waals surface area contributed by atoms with E-state index in [0.717, 1.165) is 46.6 Å². The molecule has 0 amide bonds. The predicted molar refractivity (Wildman–Crippen MR) is 115 cm³/mol. The summed E-state index contributed by atoms with van der Waals surface area (Å²) in [6, 6.07) is 3.84. The minimum Gasteiger partial charge on any atom is -0.432 e. The number of imidazole rings is 1. The van der Waals surface area contributed by atoms with Gasteiger partial charge in [0.05, 0.1) is 11.9 Å². The average Bonchev–Trinajstić information content (AvgIpc) is 3.33. The highest BCUT2D eigenvalue weighted by molar-refractivity contribution is 7.71. The van der Waals surface area contributed by atoms with Crippen molar-refractivity contribution in [3.8, 4) is 0 Å². The molecule has 5 heterocycles. The molecule has 1 fully saturated rings. The Morgan fingerprint density at radius 2 is 2.21 bits per heavy atom. The molecule has 0 spiro atoms. The minimum atomic E-state index is -2.14. The third-order valence-electron chi connectivity index (χ3n) is 5.78. The Balaban J connectivity index is 1.58. The van der Waals surface area contributed by atoms with Crippen LogP contribution in [0.2, 0.25) is 18.6 Å². The van der Waals surface area contributed by atoms with E-state index in [1.54, 1.807) is 12.5 Å². The maximum atomic E-state index is 10.6. The number of fused-ring (bicyclic) bond motifs is 2. The zero-order valence-electron chi connectivity index (χ0n) is 16.5. The largest absolute Gasteiger partial charge is 0.432 e. The molecule has 29 heavy (non-hydrogen) atoms. The summed E-state index contributed by atoms with van der Waals surface area (Å²) in [4.78, 5) is 19.9. The highest BCUT2D eigenvalue weighted by Crippen LogP contribution is 2.38. The fourth-order valence-electron chi connectivity index (χ4n) is 4.15. The second-order valence-corrected chi connectivity index (χ2v) is 12.4. The van der Waals surface area contributed by atoms with E-state index in [4.69, 9.17) is 17.2 Å². The maximum absolute atomic E-state index is 10.6. The molecule has 1 aliphatic heterocycles. The van der Waals surface area contributed by atoms with E-state index in [9.17, 15) is 4.80 Å². The highest BCUT2D eigenvalue weighted by atomic mass is 32.1. The van der Waals surface area contributed by atoms with Crippen molar-refractivity contribution in [3.05, 3.63) is 35.1 Å². The van der Waals surface area contributed by atoms with Gasteiger partial charge in [-0.15, -0.1) is 10.2 Å². The van der Waals surface area contributed by atoms with Gasteiger partial charge >= 0.3 is 0 Å². The van der Waals surface area contributed by atoms with E-state index in [1.165, 1.54) is 0 Å². The zero-order chi connectivity index (χ0) is 20.3. The van der Waals surface area contributed by atoms with Crippen LogP contribution in [0.15, 0.2) is 24.8 Å². The summed E-state index contributed by atoms with van der Waals surface area (Å²) in [7, 11) is -0.202. The minimum absolute atomic E-state index is 0.186. The van der Waals surface area contributed by atoms with Crippen LogP contribution in [-0.4, -0.2) is 46.8 Å². The van der Waals surface area contributed by atoms with Gasteiger partial charge in [-0.05, 0) is 55.8 Å². The van der Waals surface area contributed by atoms with Crippen LogP contribution in [0.5, 0.6) is 0 Å². The van der Waals surface area contributed by atoms with Gasteiger partial charge in [-0.3, -0.25) is 8.97 Å². The number of pyridine rings is 1. The second-order valence-electron chi connectivity index (χ2n) is 8.10. The Hall–Kier alpha value is -2.63. The molecule has 9 nitrogen and oxygen atoms in total. The van der Waals surface area contributed by atoms with Crippen LogP contribution in [-0.2, 0) is 7.05 Å². The molecule has 0 radical (unpaired) electrons. The van der Waals surface area contributed by atoms with Crippen LogP contribution in [0.3, 0.4) is 0 Å². The van der Waals surface area contributed by atoms with Gasteiger partial charge < -0.3 is 14.7 Å². The molecule has 5 rings (SSSR count). The highest BCUT2D eigenvalue weighted by Gasteiger charge is 2.38. The Labute approximate surface area is 173 Å². The summed E-state index contributed by atoms with van der Waals surface area (Å²) >= 11 is 5.70. The molecule has 0 saturated carbocycles. The van der Waals surface area contributed by atoms with Gasteiger partial charge in [-0.2, -0.15) is 4.98 Å². The molecule has 0 aromatic carbocycles. The topological polar surface area (TPSA) is 98.1 Å². The third-order valence-corrected chi connectivity index (χ3v) is 8.96. The third kappa shape index (κ3) is 3.05. The van der Waals surface area contributed by atoms with Gasteiger partial charge in [0, 0.05) is 19.3 Å². The Kier molecular flexibility index (Phi) is 4.08. The summed E-state index contributed by atoms with van der Waals surface area (Å²) in [5.74, 6) is 0.504.